The molecule has 0 bridgehead atoms. The fraction of sp³-hybridized carbons (Fsp3) is 0.0500. The summed E-state index contributed by atoms with van der Waals surface area (Å²) in [7, 11) is -3.84. The van der Waals surface area contributed by atoms with Crippen molar-refractivity contribution in [3.8, 4) is 0 Å². The summed E-state index contributed by atoms with van der Waals surface area (Å²) in [6.45, 7) is 1.99. The Morgan fingerprint density at radius 2 is 1.66 bits per heavy atom. The molecule has 0 aliphatic rings. The number of aryl methyl sites for hydroxylation is 1. The highest BCUT2D eigenvalue weighted by molar-refractivity contribution is 7.92. The number of aromatic nitrogens is 2. The van der Waals surface area contributed by atoms with Gasteiger partial charge < -0.3 is 5.32 Å². The third-order valence-corrected chi connectivity index (χ3v) is 5.38. The zero-order chi connectivity index (χ0) is 20.9. The zero-order valence-corrected chi connectivity index (χ0v) is 16.9. The molecule has 0 spiro atoms. The van der Waals surface area contributed by atoms with Gasteiger partial charge in [0.05, 0.1) is 4.90 Å². The van der Waals surface area contributed by atoms with Crippen molar-refractivity contribution in [2.75, 3.05) is 10.0 Å². The van der Waals surface area contributed by atoms with Gasteiger partial charge in [-0.15, -0.1) is 10.2 Å². The molecule has 29 heavy (non-hydrogen) atoms. The summed E-state index contributed by atoms with van der Waals surface area (Å²) >= 11 is 5.63. The average molecular weight is 429 g/mol. The summed E-state index contributed by atoms with van der Waals surface area (Å²) < 4.78 is 27.1. The number of rotatable bonds is 6. The van der Waals surface area contributed by atoms with Crippen LogP contribution in [-0.4, -0.2) is 24.5 Å². The molecular formula is C20H17ClN4O3S. The molecule has 0 radical (unpaired) electrons. The van der Waals surface area contributed by atoms with Crippen molar-refractivity contribution >= 4 is 45.1 Å². The van der Waals surface area contributed by atoms with Crippen LogP contribution >= 0.6 is 11.6 Å². The molecule has 3 rings (SSSR count). The van der Waals surface area contributed by atoms with E-state index in [-0.39, 0.29) is 21.8 Å². The minimum absolute atomic E-state index is 0.0162. The fourth-order valence-electron chi connectivity index (χ4n) is 2.32. The van der Waals surface area contributed by atoms with Crippen molar-refractivity contribution < 1.29 is 13.2 Å². The summed E-state index contributed by atoms with van der Waals surface area (Å²) in [6.07, 6.45) is 3.11. The molecule has 0 aliphatic carbocycles. The Bertz CT molecular complexity index is 1130. The van der Waals surface area contributed by atoms with E-state index in [1.165, 1.54) is 42.5 Å². The molecule has 7 nitrogen and oxygen atoms in total. The van der Waals surface area contributed by atoms with Crippen molar-refractivity contribution in [1.29, 1.82) is 0 Å². The van der Waals surface area contributed by atoms with Crippen LogP contribution in [0.5, 0.6) is 0 Å². The summed E-state index contributed by atoms with van der Waals surface area (Å²) in [6, 6.07) is 16.3. The molecule has 0 saturated carbocycles. The number of benzene rings is 2. The number of hydrogen-bond donors (Lipinski definition) is 2. The van der Waals surface area contributed by atoms with Crippen LogP contribution in [0.15, 0.2) is 71.6 Å². The Morgan fingerprint density at radius 1 is 0.966 bits per heavy atom. The van der Waals surface area contributed by atoms with Crippen LogP contribution in [0, 0.1) is 6.92 Å². The highest BCUT2D eigenvalue weighted by Gasteiger charge is 2.15. The normalized spacial score (nSPS) is 11.4. The second-order valence-electron chi connectivity index (χ2n) is 6.10. The first-order valence-electron chi connectivity index (χ1n) is 8.50. The first kappa shape index (κ1) is 20.5. The van der Waals surface area contributed by atoms with Crippen LogP contribution in [0.25, 0.3) is 6.08 Å². The van der Waals surface area contributed by atoms with Crippen LogP contribution in [0.4, 0.5) is 11.5 Å². The standard InChI is InChI=1S/C20H17ClN4O3S/c1-14-2-4-15(5-3-14)6-13-20(26)22-16-7-9-17(10-8-16)29(27,28)25-19-12-11-18(21)23-24-19/h2-13H,1H3,(H,22,26)(H,24,25)/b13-6+. The van der Waals surface area contributed by atoms with Gasteiger partial charge >= 0.3 is 0 Å². The molecule has 148 valence electrons. The Kier molecular flexibility index (Phi) is 6.26. The summed E-state index contributed by atoms with van der Waals surface area (Å²) in [5.74, 6) is -0.274. The van der Waals surface area contributed by atoms with Gasteiger partial charge in [-0.3, -0.25) is 9.52 Å². The first-order valence-corrected chi connectivity index (χ1v) is 10.4. The predicted molar refractivity (Wildman–Crippen MR) is 113 cm³/mol. The summed E-state index contributed by atoms with van der Waals surface area (Å²) in [5.41, 5.74) is 2.51. The number of nitrogens with zero attached hydrogens (tertiary/aromatic N) is 2. The third kappa shape index (κ3) is 5.87. The van der Waals surface area contributed by atoms with Crippen LogP contribution in [0.2, 0.25) is 5.15 Å². The van der Waals surface area contributed by atoms with E-state index >= 15 is 0 Å². The smallest absolute Gasteiger partial charge is 0.263 e. The van der Waals surface area contributed by atoms with Gasteiger partial charge in [-0.1, -0.05) is 41.4 Å². The number of anilines is 2. The number of nitrogens with one attached hydrogen (secondary N) is 2. The molecule has 3 aromatic rings. The second-order valence-corrected chi connectivity index (χ2v) is 8.17. The summed E-state index contributed by atoms with van der Waals surface area (Å²) in [5, 5.41) is 10.1. The Labute approximate surface area is 173 Å². The molecule has 0 saturated heterocycles. The fourth-order valence-corrected chi connectivity index (χ4v) is 3.42. The van der Waals surface area contributed by atoms with Gasteiger partial charge in [0.15, 0.2) is 11.0 Å². The maximum Gasteiger partial charge on any atom is 0.263 e. The van der Waals surface area contributed by atoms with Crippen LogP contribution in [0.3, 0.4) is 0 Å². The summed E-state index contributed by atoms with van der Waals surface area (Å²) in [4.78, 5) is 12.1. The molecule has 1 heterocycles. The Balaban J connectivity index is 1.63. The van der Waals surface area contributed by atoms with E-state index < -0.39 is 10.0 Å². The van der Waals surface area contributed by atoms with Crippen LogP contribution in [-0.2, 0) is 14.8 Å². The SMILES string of the molecule is Cc1ccc(/C=C/C(=O)Nc2ccc(S(=O)(=O)Nc3ccc(Cl)nn3)cc2)cc1. The number of carbonyl (C=O) groups excluding carboxylic acids is 1. The molecule has 1 amide bonds. The van der Waals surface area contributed by atoms with Gasteiger partial charge in [0.25, 0.3) is 10.0 Å². The lowest BCUT2D eigenvalue weighted by molar-refractivity contribution is -0.111. The van der Waals surface area contributed by atoms with E-state index in [0.717, 1.165) is 11.1 Å². The zero-order valence-electron chi connectivity index (χ0n) is 15.3. The molecule has 2 N–H and O–H groups in total. The quantitative estimate of drug-likeness (QED) is 0.580. The lowest BCUT2D eigenvalue weighted by Gasteiger charge is -2.08. The van der Waals surface area contributed by atoms with Crippen molar-refractivity contribution in [1.82, 2.24) is 10.2 Å². The van der Waals surface area contributed by atoms with E-state index in [1.807, 2.05) is 31.2 Å². The van der Waals surface area contributed by atoms with Gasteiger partial charge in [-0.2, -0.15) is 0 Å². The predicted octanol–water partition coefficient (Wildman–Crippen LogP) is 3.89. The Hall–Kier alpha value is -3.23. The minimum atomic E-state index is -3.84. The third-order valence-electron chi connectivity index (χ3n) is 3.81. The molecule has 9 heteroatoms. The number of sulfonamides is 1. The van der Waals surface area contributed by atoms with Gasteiger partial charge in [-0.05, 0) is 55.0 Å². The van der Waals surface area contributed by atoms with Gasteiger partial charge in [-0.25, -0.2) is 8.42 Å². The first-order chi connectivity index (χ1) is 13.8. The van der Waals surface area contributed by atoms with Crippen LogP contribution in [0.1, 0.15) is 11.1 Å². The maximum absolute atomic E-state index is 12.4. The molecule has 0 unspecified atom stereocenters. The van der Waals surface area contributed by atoms with Crippen molar-refractivity contribution in [3.05, 3.63) is 83.0 Å². The maximum atomic E-state index is 12.4. The van der Waals surface area contributed by atoms with Gasteiger partial charge in [0.2, 0.25) is 5.91 Å². The van der Waals surface area contributed by atoms with E-state index in [2.05, 4.69) is 20.2 Å². The van der Waals surface area contributed by atoms with Crippen molar-refractivity contribution in [2.45, 2.75) is 11.8 Å². The highest BCUT2D eigenvalue weighted by Crippen LogP contribution is 2.17. The molecule has 1 aromatic heterocycles. The topological polar surface area (TPSA) is 101 Å². The van der Waals surface area contributed by atoms with E-state index in [0.29, 0.717) is 5.69 Å². The molecule has 0 atom stereocenters. The number of halogens is 1. The number of hydrogen-bond acceptors (Lipinski definition) is 5. The van der Waals surface area contributed by atoms with E-state index in [1.54, 1.807) is 6.08 Å². The second kappa shape index (κ2) is 8.85. The van der Waals surface area contributed by atoms with Gasteiger partial charge in [0, 0.05) is 11.8 Å². The highest BCUT2D eigenvalue weighted by atomic mass is 35.5. The lowest BCUT2D eigenvalue weighted by atomic mass is 10.1. The molecule has 2 aromatic carbocycles. The molecule has 0 aliphatic heterocycles. The van der Waals surface area contributed by atoms with E-state index in [4.69, 9.17) is 11.6 Å². The molecular weight excluding hydrogens is 412 g/mol. The molecule has 0 fully saturated rings. The average Bonchev–Trinajstić information content (AvgIpc) is 2.70. The minimum Gasteiger partial charge on any atom is -0.323 e. The lowest BCUT2D eigenvalue weighted by Crippen LogP contribution is -2.14. The van der Waals surface area contributed by atoms with Gasteiger partial charge in [0.1, 0.15) is 0 Å². The van der Waals surface area contributed by atoms with Crippen molar-refractivity contribution in [3.63, 3.8) is 0 Å². The Morgan fingerprint density at radius 3 is 2.28 bits per heavy atom. The number of carbonyl (C=O) groups is 1. The van der Waals surface area contributed by atoms with Crippen LogP contribution < -0.4 is 10.0 Å². The largest absolute Gasteiger partial charge is 0.323 e. The monoisotopic (exact) mass is 428 g/mol. The van der Waals surface area contributed by atoms with Crippen molar-refractivity contribution in [2.24, 2.45) is 0 Å². The van der Waals surface area contributed by atoms with E-state index in [9.17, 15) is 13.2 Å². The number of amides is 1.